The van der Waals surface area contributed by atoms with Gasteiger partial charge in [0.2, 0.25) is 5.91 Å². The molecule has 2 aromatic rings. The Morgan fingerprint density at radius 2 is 1.68 bits per heavy atom. The van der Waals surface area contributed by atoms with Gasteiger partial charge in [-0.25, -0.2) is 4.79 Å². The zero-order valence-corrected chi connectivity index (χ0v) is 15.6. The Bertz CT molecular complexity index is 873. The van der Waals surface area contributed by atoms with Gasteiger partial charge in [0, 0.05) is 5.69 Å². The van der Waals surface area contributed by atoms with Crippen LogP contribution in [0.5, 0.6) is 0 Å². The fraction of sp³-hybridized carbons (Fsp3) is 0.238. The van der Waals surface area contributed by atoms with Gasteiger partial charge < -0.3 is 15.4 Å². The summed E-state index contributed by atoms with van der Waals surface area (Å²) >= 11 is 0. The average Bonchev–Trinajstić information content (AvgIpc) is 2.69. The highest BCUT2D eigenvalue weighted by Gasteiger charge is 2.20. The topological polar surface area (TPSA) is 108 Å². The smallest absolute Gasteiger partial charge is 0.338 e. The van der Waals surface area contributed by atoms with Crippen molar-refractivity contribution in [3.05, 3.63) is 65.7 Å². The molecule has 144 valence electrons. The molecule has 0 spiro atoms. The molecule has 0 saturated heterocycles. The number of nitrogens with zero attached hydrogens (tertiary/aromatic N) is 1. The van der Waals surface area contributed by atoms with Crippen molar-refractivity contribution in [1.29, 1.82) is 5.26 Å². The number of carbonyl (C=O) groups is 3. The Hall–Kier alpha value is -3.66. The normalized spacial score (nSPS) is 12.2. The summed E-state index contributed by atoms with van der Waals surface area (Å²) in [5.74, 6) is -1.48. The van der Waals surface area contributed by atoms with E-state index in [2.05, 4.69) is 10.6 Å². The number of benzene rings is 2. The first-order valence-electron chi connectivity index (χ1n) is 8.74. The Kier molecular flexibility index (Phi) is 7.28. The molecule has 2 N–H and O–H groups in total. The first-order valence-corrected chi connectivity index (χ1v) is 8.74. The van der Waals surface area contributed by atoms with Crippen molar-refractivity contribution in [2.24, 2.45) is 0 Å². The summed E-state index contributed by atoms with van der Waals surface area (Å²) in [4.78, 5) is 35.9. The summed E-state index contributed by atoms with van der Waals surface area (Å²) in [6, 6.07) is 17.0. The Morgan fingerprint density at radius 3 is 2.29 bits per heavy atom. The molecular formula is C21H21N3O4. The van der Waals surface area contributed by atoms with Crippen LogP contribution in [-0.4, -0.2) is 23.9 Å². The summed E-state index contributed by atoms with van der Waals surface area (Å²) in [5.41, 5.74) is 1.65. The van der Waals surface area contributed by atoms with Gasteiger partial charge in [-0.15, -0.1) is 0 Å². The van der Waals surface area contributed by atoms with E-state index in [0.717, 1.165) is 5.56 Å². The van der Waals surface area contributed by atoms with E-state index in [1.54, 1.807) is 6.07 Å². The molecule has 0 aromatic heterocycles. The van der Waals surface area contributed by atoms with Gasteiger partial charge in [0.15, 0.2) is 6.10 Å². The highest BCUT2D eigenvalue weighted by molar-refractivity contribution is 5.94. The molecule has 7 heteroatoms. The second-order valence-corrected chi connectivity index (χ2v) is 6.15. The van der Waals surface area contributed by atoms with E-state index in [4.69, 9.17) is 10.00 Å². The maximum Gasteiger partial charge on any atom is 0.338 e. The standard InChI is InChI=1S/C21H21N3O4/c1-14(16-6-4-3-5-7-16)23-20(26)15(2)28-21(27)17-8-10-18(11-9-17)24-19(25)12-13-22/h3-11,14-15H,12H2,1-2H3,(H,23,26)(H,24,25)/t14-,15-/m0/s1. The zero-order chi connectivity index (χ0) is 20.5. The molecule has 7 nitrogen and oxygen atoms in total. The molecule has 0 fully saturated rings. The first kappa shape index (κ1) is 20.6. The zero-order valence-electron chi connectivity index (χ0n) is 15.6. The number of nitriles is 1. The van der Waals surface area contributed by atoms with Crippen molar-refractivity contribution in [2.45, 2.75) is 32.4 Å². The van der Waals surface area contributed by atoms with Crippen LogP contribution in [0.25, 0.3) is 0 Å². The van der Waals surface area contributed by atoms with Crippen LogP contribution in [0.4, 0.5) is 5.69 Å². The number of hydrogen-bond acceptors (Lipinski definition) is 5. The van der Waals surface area contributed by atoms with E-state index in [1.165, 1.54) is 31.2 Å². The molecule has 0 aliphatic rings. The van der Waals surface area contributed by atoms with Crippen LogP contribution in [-0.2, 0) is 14.3 Å². The number of carbonyl (C=O) groups excluding carboxylic acids is 3. The molecule has 0 unspecified atom stereocenters. The molecule has 0 heterocycles. The van der Waals surface area contributed by atoms with Crippen molar-refractivity contribution in [1.82, 2.24) is 5.32 Å². The minimum Gasteiger partial charge on any atom is -0.449 e. The summed E-state index contributed by atoms with van der Waals surface area (Å²) in [7, 11) is 0. The lowest BCUT2D eigenvalue weighted by atomic mass is 10.1. The van der Waals surface area contributed by atoms with Gasteiger partial charge in [0.25, 0.3) is 5.91 Å². The molecule has 0 radical (unpaired) electrons. The molecule has 2 amide bonds. The van der Waals surface area contributed by atoms with Crippen LogP contribution in [0.15, 0.2) is 54.6 Å². The highest BCUT2D eigenvalue weighted by atomic mass is 16.5. The third-order valence-electron chi connectivity index (χ3n) is 3.96. The Morgan fingerprint density at radius 1 is 1.04 bits per heavy atom. The van der Waals surface area contributed by atoms with Gasteiger partial charge in [-0.1, -0.05) is 30.3 Å². The number of rotatable bonds is 7. The maximum atomic E-state index is 12.3. The second-order valence-electron chi connectivity index (χ2n) is 6.15. The van der Waals surface area contributed by atoms with E-state index in [0.29, 0.717) is 5.69 Å². The van der Waals surface area contributed by atoms with E-state index in [-0.39, 0.29) is 18.0 Å². The van der Waals surface area contributed by atoms with E-state index in [1.807, 2.05) is 37.3 Å². The van der Waals surface area contributed by atoms with E-state index >= 15 is 0 Å². The number of hydrogen-bond donors (Lipinski definition) is 2. The van der Waals surface area contributed by atoms with Crippen LogP contribution in [0.1, 0.15) is 42.2 Å². The second kappa shape index (κ2) is 9.88. The molecule has 28 heavy (non-hydrogen) atoms. The largest absolute Gasteiger partial charge is 0.449 e. The predicted molar refractivity (Wildman–Crippen MR) is 103 cm³/mol. The van der Waals surface area contributed by atoms with Gasteiger partial charge in [0.1, 0.15) is 6.42 Å². The van der Waals surface area contributed by atoms with Crippen LogP contribution >= 0.6 is 0 Å². The SMILES string of the molecule is C[C@H](OC(=O)c1ccc(NC(=O)CC#N)cc1)C(=O)N[C@@H](C)c1ccccc1. The lowest BCUT2D eigenvalue weighted by Gasteiger charge is -2.18. The third kappa shape index (κ3) is 5.95. The van der Waals surface area contributed by atoms with E-state index in [9.17, 15) is 14.4 Å². The summed E-state index contributed by atoms with van der Waals surface area (Å²) in [6.45, 7) is 3.35. The monoisotopic (exact) mass is 379 g/mol. The number of amides is 2. The van der Waals surface area contributed by atoms with Gasteiger partial charge >= 0.3 is 5.97 Å². The van der Waals surface area contributed by atoms with Crippen LogP contribution in [0.2, 0.25) is 0 Å². The lowest BCUT2D eigenvalue weighted by Crippen LogP contribution is -2.37. The van der Waals surface area contributed by atoms with Crippen molar-refractivity contribution in [3.8, 4) is 6.07 Å². The van der Waals surface area contributed by atoms with Crippen molar-refractivity contribution >= 4 is 23.5 Å². The molecule has 0 saturated carbocycles. The third-order valence-corrected chi connectivity index (χ3v) is 3.96. The van der Waals surface area contributed by atoms with Gasteiger partial charge in [-0.05, 0) is 43.7 Å². The molecule has 2 rings (SSSR count). The predicted octanol–water partition coefficient (Wildman–Crippen LogP) is 2.96. The minimum absolute atomic E-state index is 0.217. The van der Waals surface area contributed by atoms with Crippen molar-refractivity contribution in [3.63, 3.8) is 0 Å². The average molecular weight is 379 g/mol. The lowest BCUT2D eigenvalue weighted by molar-refractivity contribution is -0.129. The van der Waals surface area contributed by atoms with Gasteiger partial charge in [-0.2, -0.15) is 5.26 Å². The maximum absolute atomic E-state index is 12.3. The molecule has 2 aromatic carbocycles. The fourth-order valence-corrected chi connectivity index (χ4v) is 2.40. The summed E-state index contributed by atoms with van der Waals surface area (Å²) in [5, 5.41) is 13.8. The Balaban J connectivity index is 1.90. The summed E-state index contributed by atoms with van der Waals surface area (Å²) in [6.07, 6.45) is -1.22. The summed E-state index contributed by atoms with van der Waals surface area (Å²) < 4.78 is 5.21. The van der Waals surface area contributed by atoms with Gasteiger partial charge in [-0.3, -0.25) is 9.59 Å². The molecular weight excluding hydrogens is 358 g/mol. The molecule has 0 bridgehead atoms. The minimum atomic E-state index is -0.964. The number of ether oxygens (including phenoxy) is 1. The highest BCUT2D eigenvalue weighted by Crippen LogP contribution is 2.14. The van der Waals surface area contributed by atoms with Crippen molar-refractivity contribution < 1.29 is 19.1 Å². The quantitative estimate of drug-likeness (QED) is 0.719. The van der Waals surface area contributed by atoms with Gasteiger partial charge in [0.05, 0.1) is 17.7 Å². The molecule has 2 atom stereocenters. The van der Waals surface area contributed by atoms with Crippen LogP contribution in [0, 0.1) is 11.3 Å². The molecule has 0 aliphatic heterocycles. The molecule has 0 aliphatic carbocycles. The first-order chi connectivity index (χ1) is 13.4. The van der Waals surface area contributed by atoms with Crippen molar-refractivity contribution in [2.75, 3.05) is 5.32 Å². The van der Waals surface area contributed by atoms with Crippen LogP contribution in [0.3, 0.4) is 0 Å². The van der Waals surface area contributed by atoms with Crippen LogP contribution < -0.4 is 10.6 Å². The fourth-order valence-electron chi connectivity index (χ4n) is 2.40. The Labute approximate surface area is 163 Å². The number of nitrogens with one attached hydrogen (secondary N) is 2. The number of anilines is 1. The van der Waals surface area contributed by atoms with E-state index < -0.39 is 23.9 Å². The number of esters is 1.